The van der Waals surface area contributed by atoms with Crippen LogP contribution in [0.3, 0.4) is 0 Å². The van der Waals surface area contributed by atoms with Crippen LogP contribution in [-0.2, 0) is 0 Å². The van der Waals surface area contributed by atoms with Gasteiger partial charge in [0.05, 0.1) is 0 Å². The van der Waals surface area contributed by atoms with E-state index in [0.717, 1.165) is 0 Å². The fourth-order valence-corrected chi connectivity index (χ4v) is 2.53. The van der Waals surface area contributed by atoms with Crippen molar-refractivity contribution in [3.8, 4) is 0 Å². The number of nitrogens with one attached hydrogen (secondary N) is 1. The Balaban J connectivity index is 1.98. The van der Waals surface area contributed by atoms with Crippen LogP contribution in [0.5, 0.6) is 0 Å². The van der Waals surface area contributed by atoms with Crippen molar-refractivity contribution in [2.24, 2.45) is 0 Å². The Morgan fingerprint density at radius 2 is 1.74 bits per heavy atom. The van der Waals surface area contributed by atoms with Crippen molar-refractivity contribution in [2.45, 2.75) is 32.7 Å². The van der Waals surface area contributed by atoms with Gasteiger partial charge in [0.15, 0.2) is 0 Å². The normalized spacial score (nSPS) is 16.0. The van der Waals surface area contributed by atoms with Crippen LogP contribution in [0.4, 0.5) is 9.18 Å². The number of carbonyl (C=O) groups is 2. The molecule has 0 spiro atoms. The van der Waals surface area contributed by atoms with E-state index in [-0.39, 0.29) is 17.5 Å². The first-order chi connectivity index (χ1) is 10.8. The molecule has 0 radical (unpaired) electrons. The Morgan fingerprint density at radius 3 is 2.39 bits per heavy atom. The summed E-state index contributed by atoms with van der Waals surface area (Å²) in [6, 6.07) is 5.59. The van der Waals surface area contributed by atoms with E-state index in [1.54, 1.807) is 15.9 Å². The second-order valence-corrected chi connectivity index (χ2v) is 6.82. The lowest BCUT2D eigenvalue weighted by Gasteiger charge is -2.27. The van der Waals surface area contributed by atoms with Crippen molar-refractivity contribution in [1.29, 1.82) is 0 Å². The molecule has 0 unspecified atom stereocenters. The van der Waals surface area contributed by atoms with Crippen LogP contribution in [0.1, 0.15) is 37.6 Å². The molecule has 1 saturated heterocycles. The summed E-state index contributed by atoms with van der Waals surface area (Å²) in [5.74, 6) is -0.612. The van der Waals surface area contributed by atoms with E-state index in [1.807, 2.05) is 20.8 Å². The number of rotatable bonds is 1. The molecule has 0 saturated carbocycles. The van der Waals surface area contributed by atoms with E-state index in [0.29, 0.717) is 38.2 Å². The third-order valence-corrected chi connectivity index (χ3v) is 3.62. The summed E-state index contributed by atoms with van der Waals surface area (Å²) in [4.78, 5) is 28.1. The molecule has 1 aromatic carbocycles. The number of urea groups is 1. The van der Waals surface area contributed by atoms with Crippen molar-refractivity contribution >= 4 is 11.9 Å². The zero-order valence-corrected chi connectivity index (χ0v) is 13.9. The molecule has 0 bridgehead atoms. The lowest BCUT2D eigenvalue weighted by molar-refractivity contribution is 0.0761. The average Bonchev–Trinajstić information content (AvgIpc) is 2.70. The molecule has 1 heterocycles. The maximum absolute atomic E-state index is 13.3. The summed E-state index contributed by atoms with van der Waals surface area (Å²) in [7, 11) is 0. The Bertz CT molecular complexity index is 583. The van der Waals surface area contributed by atoms with Gasteiger partial charge in [0.2, 0.25) is 0 Å². The molecular weight excluding hydrogens is 297 g/mol. The van der Waals surface area contributed by atoms with Crippen LogP contribution < -0.4 is 5.32 Å². The predicted molar refractivity (Wildman–Crippen MR) is 86.8 cm³/mol. The minimum Gasteiger partial charge on any atom is -0.337 e. The Morgan fingerprint density at radius 1 is 1.09 bits per heavy atom. The first-order valence-electron chi connectivity index (χ1n) is 7.88. The Labute approximate surface area is 136 Å². The van der Waals surface area contributed by atoms with Crippen molar-refractivity contribution < 1.29 is 14.0 Å². The van der Waals surface area contributed by atoms with E-state index in [4.69, 9.17) is 0 Å². The second kappa shape index (κ2) is 6.98. The molecule has 3 amide bonds. The molecule has 1 aliphatic heterocycles. The monoisotopic (exact) mass is 321 g/mol. The summed E-state index contributed by atoms with van der Waals surface area (Å²) in [6.07, 6.45) is 0.707. The summed E-state index contributed by atoms with van der Waals surface area (Å²) in [5.41, 5.74) is 0.0538. The van der Waals surface area contributed by atoms with Crippen LogP contribution in [0.15, 0.2) is 24.3 Å². The van der Waals surface area contributed by atoms with E-state index in [9.17, 15) is 14.0 Å². The zero-order chi connectivity index (χ0) is 17.0. The molecule has 0 atom stereocenters. The van der Waals surface area contributed by atoms with Gasteiger partial charge < -0.3 is 15.1 Å². The Kier molecular flexibility index (Phi) is 5.23. The SMILES string of the molecule is CC(C)(C)NC(=O)N1CCCN(C(=O)c2cccc(F)c2)CC1. The molecule has 126 valence electrons. The third-order valence-electron chi connectivity index (χ3n) is 3.62. The van der Waals surface area contributed by atoms with Crippen LogP contribution in [0.2, 0.25) is 0 Å². The number of nitrogens with zero attached hydrogens (tertiary/aromatic N) is 2. The number of carbonyl (C=O) groups excluding carboxylic acids is 2. The summed E-state index contributed by atoms with van der Waals surface area (Å²) in [5, 5.41) is 2.93. The van der Waals surface area contributed by atoms with Gasteiger partial charge in [0.1, 0.15) is 5.82 Å². The first kappa shape index (κ1) is 17.2. The molecular formula is C17H24FN3O2. The third kappa shape index (κ3) is 4.94. The fraction of sp³-hybridized carbons (Fsp3) is 0.529. The van der Waals surface area contributed by atoms with Gasteiger partial charge in [-0.25, -0.2) is 9.18 Å². The largest absolute Gasteiger partial charge is 0.337 e. The van der Waals surface area contributed by atoms with Gasteiger partial charge >= 0.3 is 6.03 Å². The molecule has 6 heteroatoms. The van der Waals surface area contributed by atoms with Crippen molar-refractivity contribution in [3.63, 3.8) is 0 Å². The molecule has 1 aromatic rings. The summed E-state index contributed by atoms with van der Waals surface area (Å²) in [6.45, 7) is 7.90. The topological polar surface area (TPSA) is 52.7 Å². The number of benzene rings is 1. The maximum atomic E-state index is 13.3. The average molecular weight is 321 g/mol. The van der Waals surface area contributed by atoms with E-state index >= 15 is 0 Å². The van der Waals surface area contributed by atoms with Crippen molar-refractivity contribution in [1.82, 2.24) is 15.1 Å². The smallest absolute Gasteiger partial charge is 0.317 e. The molecule has 5 nitrogen and oxygen atoms in total. The van der Waals surface area contributed by atoms with Crippen molar-refractivity contribution in [3.05, 3.63) is 35.6 Å². The van der Waals surface area contributed by atoms with Gasteiger partial charge in [-0.1, -0.05) is 6.07 Å². The number of halogens is 1. The summed E-state index contributed by atoms with van der Waals surface area (Å²) < 4.78 is 13.3. The minimum absolute atomic E-state index is 0.113. The van der Waals surface area contributed by atoms with Gasteiger partial charge in [-0.15, -0.1) is 0 Å². The highest BCUT2D eigenvalue weighted by molar-refractivity contribution is 5.94. The van der Waals surface area contributed by atoms with E-state index in [1.165, 1.54) is 18.2 Å². The standard InChI is InChI=1S/C17H24FN3O2/c1-17(2,3)19-16(23)21-9-5-8-20(10-11-21)15(22)13-6-4-7-14(18)12-13/h4,6-7,12H,5,8-11H2,1-3H3,(H,19,23). The van der Waals surface area contributed by atoms with Gasteiger partial charge in [0, 0.05) is 37.3 Å². The van der Waals surface area contributed by atoms with E-state index < -0.39 is 5.82 Å². The summed E-state index contributed by atoms with van der Waals surface area (Å²) >= 11 is 0. The molecule has 1 aliphatic rings. The molecule has 23 heavy (non-hydrogen) atoms. The Hall–Kier alpha value is -2.11. The first-order valence-corrected chi connectivity index (χ1v) is 7.88. The van der Waals surface area contributed by atoms with Gasteiger partial charge in [-0.05, 0) is 45.4 Å². The molecule has 0 aromatic heterocycles. The van der Waals surface area contributed by atoms with Crippen LogP contribution >= 0.6 is 0 Å². The number of hydrogen-bond donors (Lipinski definition) is 1. The fourth-order valence-electron chi connectivity index (χ4n) is 2.53. The molecule has 1 fully saturated rings. The van der Waals surface area contributed by atoms with Gasteiger partial charge in [-0.2, -0.15) is 0 Å². The predicted octanol–water partition coefficient (Wildman–Crippen LogP) is 2.48. The second-order valence-electron chi connectivity index (χ2n) is 6.82. The highest BCUT2D eigenvalue weighted by atomic mass is 19.1. The molecule has 2 rings (SSSR count). The van der Waals surface area contributed by atoms with E-state index in [2.05, 4.69) is 5.32 Å². The van der Waals surface area contributed by atoms with Crippen LogP contribution in [0.25, 0.3) is 0 Å². The molecule has 1 N–H and O–H groups in total. The zero-order valence-electron chi connectivity index (χ0n) is 13.9. The lowest BCUT2D eigenvalue weighted by atomic mass is 10.1. The lowest BCUT2D eigenvalue weighted by Crippen LogP contribution is -2.49. The van der Waals surface area contributed by atoms with Crippen molar-refractivity contribution in [2.75, 3.05) is 26.2 Å². The number of amides is 3. The van der Waals surface area contributed by atoms with Crippen LogP contribution in [-0.4, -0.2) is 53.5 Å². The maximum Gasteiger partial charge on any atom is 0.317 e. The van der Waals surface area contributed by atoms with Gasteiger partial charge in [0.25, 0.3) is 5.91 Å². The number of hydrogen-bond acceptors (Lipinski definition) is 2. The van der Waals surface area contributed by atoms with Crippen LogP contribution in [0, 0.1) is 5.82 Å². The minimum atomic E-state index is -0.420. The highest BCUT2D eigenvalue weighted by Gasteiger charge is 2.24. The van der Waals surface area contributed by atoms with Gasteiger partial charge in [-0.3, -0.25) is 4.79 Å². The highest BCUT2D eigenvalue weighted by Crippen LogP contribution is 2.11. The molecule has 0 aliphatic carbocycles. The quantitative estimate of drug-likeness (QED) is 0.864.